The lowest BCUT2D eigenvalue weighted by Crippen LogP contribution is -2.47. The summed E-state index contributed by atoms with van der Waals surface area (Å²) in [5.41, 5.74) is 0. The van der Waals surface area contributed by atoms with E-state index in [-0.39, 0.29) is 0 Å². The Morgan fingerprint density at radius 3 is 3.15 bits per heavy atom. The van der Waals surface area contributed by atoms with Crippen LogP contribution >= 0.6 is 11.8 Å². The van der Waals surface area contributed by atoms with Crippen LogP contribution in [0.5, 0.6) is 0 Å². The number of aryl methyl sites for hydroxylation is 2. The molecule has 1 aromatic rings. The summed E-state index contributed by atoms with van der Waals surface area (Å²) in [6.45, 7) is 3.77. The minimum Gasteiger partial charge on any atom is -0.356 e. The lowest BCUT2D eigenvalue weighted by atomic mass is 10.1. The monoisotopic (exact) mass is 296 g/mol. The van der Waals surface area contributed by atoms with Crippen LogP contribution in [0.25, 0.3) is 0 Å². The Morgan fingerprint density at radius 1 is 1.55 bits per heavy atom. The highest BCUT2D eigenvalue weighted by molar-refractivity contribution is 7.98. The van der Waals surface area contributed by atoms with Gasteiger partial charge >= 0.3 is 0 Å². The highest BCUT2D eigenvalue weighted by atomic mass is 32.2. The minimum atomic E-state index is 0.371. The van der Waals surface area contributed by atoms with Gasteiger partial charge in [0.25, 0.3) is 0 Å². The molecule has 7 heteroatoms. The molecular formula is C13H24N6S. The fraction of sp³-hybridized carbons (Fsp3) is 0.769. The number of hydrogen-bond donors (Lipinski definition) is 2. The summed E-state index contributed by atoms with van der Waals surface area (Å²) >= 11 is 1.87. The number of guanidine groups is 1. The van der Waals surface area contributed by atoms with E-state index in [0.29, 0.717) is 6.04 Å². The predicted octanol–water partition coefficient (Wildman–Crippen LogP) is 0.819. The lowest BCUT2D eigenvalue weighted by Gasteiger charge is -2.25. The minimum absolute atomic E-state index is 0.371. The summed E-state index contributed by atoms with van der Waals surface area (Å²) in [7, 11) is 1.82. The van der Waals surface area contributed by atoms with Crippen LogP contribution in [-0.2, 0) is 13.0 Å². The molecule has 1 aliphatic rings. The standard InChI is InChI=1S/C13H24N6S/c1-10-16-12-6-5-11(9-19(12)18-10)17-13(14-2)15-7-4-8-20-3/h11H,4-9H2,1-3H3,(H2,14,15,17). The molecule has 112 valence electrons. The largest absolute Gasteiger partial charge is 0.356 e. The van der Waals surface area contributed by atoms with Gasteiger partial charge in [0.1, 0.15) is 11.6 Å². The zero-order valence-electron chi connectivity index (χ0n) is 12.5. The molecule has 0 spiro atoms. The first-order chi connectivity index (χ1) is 9.72. The van der Waals surface area contributed by atoms with Crippen molar-refractivity contribution in [2.24, 2.45) is 4.99 Å². The zero-order valence-corrected chi connectivity index (χ0v) is 13.3. The first kappa shape index (κ1) is 15.2. The van der Waals surface area contributed by atoms with E-state index in [1.54, 1.807) is 0 Å². The molecule has 1 unspecified atom stereocenters. The fourth-order valence-electron chi connectivity index (χ4n) is 2.36. The molecule has 20 heavy (non-hydrogen) atoms. The SMILES string of the molecule is CN=C(NCCCSC)NC1CCc2nc(C)nn2C1. The molecule has 1 aromatic heterocycles. The van der Waals surface area contributed by atoms with E-state index < -0.39 is 0 Å². The second-order valence-electron chi connectivity index (χ2n) is 4.98. The quantitative estimate of drug-likeness (QED) is 0.478. The van der Waals surface area contributed by atoms with Crippen LogP contribution in [0.15, 0.2) is 4.99 Å². The number of rotatable bonds is 5. The molecule has 0 fully saturated rings. The molecule has 2 heterocycles. The maximum absolute atomic E-state index is 4.43. The molecule has 0 aliphatic carbocycles. The van der Waals surface area contributed by atoms with Gasteiger partial charge in [-0.25, -0.2) is 9.67 Å². The fourth-order valence-corrected chi connectivity index (χ4v) is 2.80. The van der Waals surface area contributed by atoms with Crippen molar-refractivity contribution in [2.45, 2.75) is 38.8 Å². The molecule has 0 radical (unpaired) electrons. The van der Waals surface area contributed by atoms with Crippen molar-refractivity contribution in [3.63, 3.8) is 0 Å². The highest BCUT2D eigenvalue weighted by Crippen LogP contribution is 2.12. The Morgan fingerprint density at radius 2 is 2.40 bits per heavy atom. The van der Waals surface area contributed by atoms with Crippen LogP contribution in [0.2, 0.25) is 0 Å². The number of nitrogens with one attached hydrogen (secondary N) is 2. The van der Waals surface area contributed by atoms with E-state index in [4.69, 9.17) is 0 Å². The third kappa shape index (κ3) is 4.13. The van der Waals surface area contributed by atoms with E-state index in [9.17, 15) is 0 Å². The Balaban J connectivity index is 1.81. The molecule has 0 aromatic carbocycles. The van der Waals surface area contributed by atoms with Crippen molar-refractivity contribution in [3.05, 3.63) is 11.6 Å². The van der Waals surface area contributed by atoms with Gasteiger partial charge < -0.3 is 10.6 Å². The molecule has 0 saturated carbocycles. The molecule has 6 nitrogen and oxygen atoms in total. The lowest BCUT2D eigenvalue weighted by molar-refractivity contribution is 0.392. The molecule has 1 aliphatic heterocycles. The van der Waals surface area contributed by atoms with Crippen LogP contribution < -0.4 is 10.6 Å². The van der Waals surface area contributed by atoms with Gasteiger partial charge in [0, 0.05) is 26.1 Å². The Hall–Kier alpha value is -1.24. The predicted molar refractivity (Wildman–Crippen MR) is 84.4 cm³/mol. The van der Waals surface area contributed by atoms with E-state index in [1.807, 2.05) is 30.4 Å². The number of fused-ring (bicyclic) bond motifs is 1. The van der Waals surface area contributed by atoms with Crippen LogP contribution in [0.3, 0.4) is 0 Å². The average Bonchev–Trinajstić information content (AvgIpc) is 2.81. The van der Waals surface area contributed by atoms with Gasteiger partial charge in [-0.15, -0.1) is 0 Å². The smallest absolute Gasteiger partial charge is 0.191 e. The van der Waals surface area contributed by atoms with E-state index >= 15 is 0 Å². The Labute approximate surface area is 124 Å². The van der Waals surface area contributed by atoms with Crippen molar-refractivity contribution in [1.82, 2.24) is 25.4 Å². The van der Waals surface area contributed by atoms with Crippen molar-refractivity contribution in [1.29, 1.82) is 0 Å². The van der Waals surface area contributed by atoms with Crippen LogP contribution in [0.1, 0.15) is 24.5 Å². The molecule has 0 saturated heterocycles. The Kier molecular flexibility index (Phi) is 5.70. The first-order valence-electron chi connectivity index (χ1n) is 7.09. The summed E-state index contributed by atoms with van der Waals surface area (Å²) in [5.74, 6) is 4.02. The number of thioether (sulfide) groups is 1. The van der Waals surface area contributed by atoms with Gasteiger partial charge in [-0.3, -0.25) is 4.99 Å². The first-order valence-corrected chi connectivity index (χ1v) is 8.48. The topological polar surface area (TPSA) is 67.1 Å². The average molecular weight is 296 g/mol. The third-order valence-electron chi connectivity index (χ3n) is 3.35. The van der Waals surface area contributed by atoms with E-state index in [0.717, 1.165) is 50.0 Å². The molecule has 0 amide bonds. The zero-order chi connectivity index (χ0) is 14.4. The van der Waals surface area contributed by atoms with Crippen molar-refractivity contribution in [2.75, 3.05) is 25.6 Å². The molecule has 2 N–H and O–H groups in total. The molecular weight excluding hydrogens is 272 g/mol. The maximum Gasteiger partial charge on any atom is 0.191 e. The van der Waals surface area contributed by atoms with Crippen LogP contribution in [-0.4, -0.2) is 52.4 Å². The van der Waals surface area contributed by atoms with Crippen LogP contribution in [0, 0.1) is 6.92 Å². The summed E-state index contributed by atoms with van der Waals surface area (Å²) in [5, 5.41) is 11.3. The van der Waals surface area contributed by atoms with E-state index in [2.05, 4.69) is 32.0 Å². The highest BCUT2D eigenvalue weighted by Gasteiger charge is 2.21. The number of aromatic nitrogens is 3. The summed E-state index contributed by atoms with van der Waals surface area (Å²) < 4.78 is 2.01. The Bertz CT molecular complexity index is 456. The molecule has 1 atom stereocenters. The van der Waals surface area contributed by atoms with Gasteiger partial charge in [0.15, 0.2) is 5.96 Å². The van der Waals surface area contributed by atoms with Crippen LogP contribution in [0.4, 0.5) is 0 Å². The second-order valence-corrected chi connectivity index (χ2v) is 5.97. The maximum atomic E-state index is 4.43. The van der Waals surface area contributed by atoms with Gasteiger partial charge in [-0.05, 0) is 31.8 Å². The number of hydrogen-bond acceptors (Lipinski definition) is 4. The van der Waals surface area contributed by atoms with Gasteiger partial charge in [-0.1, -0.05) is 0 Å². The van der Waals surface area contributed by atoms with Crippen molar-refractivity contribution >= 4 is 17.7 Å². The van der Waals surface area contributed by atoms with Gasteiger partial charge in [-0.2, -0.15) is 16.9 Å². The van der Waals surface area contributed by atoms with Crippen molar-refractivity contribution in [3.8, 4) is 0 Å². The second kappa shape index (κ2) is 7.52. The van der Waals surface area contributed by atoms with Crippen molar-refractivity contribution < 1.29 is 0 Å². The normalized spacial score (nSPS) is 18.8. The third-order valence-corrected chi connectivity index (χ3v) is 4.04. The van der Waals surface area contributed by atoms with E-state index in [1.165, 1.54) is 5.75 Å². The molecule has 2 rings (SSSR count). The summed E-state index contributed by atoms with van der Waals surface area (Å²) in [6.07, 6.45) is 5.33. The summed E-state index contributed by atoms with van der Waals surface area (Å²) in [4.78, 5) is 8.71. The summed E-state index contributed by atoms with van der Waals surface area (Å²) in [6, 6.07) is 0.371. The van der Waals surface area contributed by atoms with Gasteiger partial charge in [0.2, 0.25) is 0 Å². The number of aliphatic imine (C=N–C) groups is 1. The molecule has 0 bridgehead atoms. The van der Waals surface area contributed by atoms with Gasteiger partial charge in [0.05, 0.1) is 6.54 Å². The number of nitrogens with zero attached hydrogens (tertiary/aromatic N) is 4.